The van der Waals surface area contributed by atoms with Crippen LogP contribution in [-0.4, -0.2) is 15.8 Å². The lowest BCUT2D eigenvalue weighted by atomic mass is 9.98. The first-order valence-electron chi connectivity index (χ1n) is 12.0. The summed E-state index contributed by atoms with van der Waals surface area (Å²) in [5.41, 5.74) is 6.53. The first-order chi connectivity index (χ1) is 15.9. The highest BCUT2D eigenvalue weighted by atomic mass is 15.3. The molecule has 0 aromatic heterocycles. The third-order valence-corrected chi connectivity index (χ3v) is 6.63. The molecule has 0 bridgehead atoms. The van der Waals surface area contributed by atoms with Gasteiger partial charge in [0, 0.05) is 25.0 Å². The minimum Gasteiger partial charge on any atom is -0.346 e. The van der Waals surface area contributed by atoms with Crippen LogP contribution in [0.1, 0.15) is 55.2 Å². The molecule has 1 aliphatic heterocycles. The van der Waals surface area contributed by atoms with Crippen molar-refractivity contribution in [1.29, 1.82) is 0 Å². The van der Waals surface area contributed by atoms with Crippen LogP contribution in [-0.2, 0) is 6.54 Å². The van der Waals surface area contributed by atoms with Crippen LogP contribution in [0.2, 0.25) is 0 Å². The van der Waals surface area contributed by atoms with Gasteiger partial charge in [-0.25, -0.2) is 0 Å². The van der Waals surface area contributed by atoms with E-state index in [0.29, 0.717) is 6.04 Å². The average Bonchev–Trinajstić information content (AvgIpc) is 3.15. The third-order valence-electron chi connectivity index (χ3n) is 6.63. The van der Waals surface area contributed by atoms with Crippen molar-refractivity contribution in [2.45, 2.75) is 51.1 Å². The molecule has 2 aliphatic rings. The van der Waals surface area contributed by atoms with E-state index in [-0.39, 0.29) is 0 Å². The van der Waals surface area contributed by atoms with E-state index >= 15 is 0 Å². The standard InChI is InChI=1S/C30H32N2/c1-2-13-21-28(20-12-1)32-29(26-16-8-4-9-17-26)23-31(22-25-14-6-3-7-15-25)24-30(32)27-18-10-5-11-19-27/h3-11,14-19,23-24,28H,1-2,12-13,20-22H2. The molecule has 0 N–H and O–H groups in total. The molecule has 0 unspecified atom stereocenters. The third kappa shape index (κ3) is 4.65. The summed E-state index contributed by atoms with van der Waals surface area (Å²) in [5, 5.41) is 0. The van der Waals surface area contributed by atoms with Gasteiger partial charge in [-0.15, -0.1) is 0 Å². The second-order valence-electron chi connectivity index (χ2n) is 8.93. The van der Waals surface area contributed by atoms with Gasteiger partial charge in [-0.05, 0) is 29.5 Å². The molecule has 5 rings (SSSR count). The van der Waals surface area contributed by atoms with Crippen LogP contribution in [0.25, 0.3) is 11.4 Å². The zero-order valence-electron chi connectivity index (χ0n) is 18.7. The number of nitrogens with zero attached hydrogens (tertiary/aromatic N) is 2. The number of benzene rings is 3. The highest BCUT2D eigenvalue weighted by Crippen LogP contribution is 2.39. The minimum atomic E-state index is 0.536. The Balaban J connectivity index is 1.60. The Bertz CT molecular complexity index is 988. The average molecular weight is 421 g/mol. The number of hydrogen-bond acceptors (Lipinski definition) is 2. The molecule has 0 radical (unpaired) electrons. The molecule has 3 aromatic rings. The smallest absolute Gasteiger partial charge is 0.0652 e. The summed E-state index contributed by atoms with van der Waals surface area (Å²) in [6.45, 7) is 0.867. The van der Waals surface area contributed by atoms with Crippen LogP contribution in [0, 0.1) is 0 Å². The predicted octanol–water partition coefficient (Wildman–Crippen LogP) is 7.52. The Labute approximate surface area is 192 Å². The highest BCUT2D eigenvalue weighted by Gasteiger charge is 2.30. The Morgan fingerprint density at radius 2 is 1.03 bits per heavy atom. The van der Waals surface area contributed by atoms with Crippen molar-refractivity contribution < 1.29 is 0 Å². The van der Waals surface area contributed by atoms with E-state index in [2.05, 4.69) is 113 Å². The second kappa shape index (κ2) is 9.91. The maximum Gasteiger partial charge on any atom is 0.0652 e. The van der Waals surface area contributed by atoms with Gasteiger partial charge in [0.2, 0.25) is 0 Å². The van der Waals surface area contributed by atoms with Gasteiger partial charge in [-0.3, -0.25) is 0 Å². The van der Waals surface area contributed by atoms with Gasteiger partial charge in [0.15, 0.2) is 0 Å². The molecule has 1 heterocycles. The maximum atomic E-state index is 2.65. The molecule has 1 saturated carbocycles. The molecule has 32 heavy (non-hydrogen) atoms. The first kappa shape index (κ1) is 20.6. The molecule has 0 spiro atoms. The monoisotopic (exact) mass is 420 g/mol. The molecule has 0 amide bonds. The normalized spacial score (nSPS) is 17.5. The van der Waals surface area contributed by atoms with Crippen molar-refractivity contribution in [2.75, 3.05) is 0 Å². The fourth-order valence-corrected chi connectivity index (χ4v) is 5.05. The Hall–Kier alpha value is -3.26. The lowest BCUT2D eigenvalue weighted by molar-refractivity contribution is 0.339. The summed E-state index contributed by atoms with van der Waals surface area (Å²) in [7, 11) is 0. The van der Waals surface area contributed by atoms with E-state index in [9.17, 15) is 0 Å². The quantitative estimate of drug-likeness (QED) is 0.394. The number of rotatable bonds is 5. The summed E-state index contributed by atoms with van der Waals surface area (Å²) in [5.74, 6) is 0. The van der Waals surface area contributed by atoms with Gasteiger partial charge in [-0.2, -0.15) is 0 Å². The minimum absolute atomic E-state index is 0.536. The van der Waals surface area contributed by atoms with Crippen LogP contribution >= 0.6 is 0 Å². The molecule has 0 atom stereocenters. The van der Waals surface area contributed by atoms with Gasteiger partial charge in [0.1, 0.15) is 0 Å². The molecule has 1 aliphatic carbocycles. The predicted molar refractivity (Wildman–Crippen MR) is 134 cm³/mol. The van der Waals surface area contributed by atoms with E-state index < -0.39 is 0 Å². The molecule has 162 valence electrons. The lowest BCUT2D eigenvalue weighted by Crippen LogP contribution is -2.36. The van der Waals surface area contributed by atoms with E-state index in [1.807, 2.05) is 0 Å². The van der Waals surface area contributed by atoms with Crippen molar-refractivity contribution in [3.05, 3.63) is 120 Å². The molecular weight excluding hydrogens is 388 g/mol. The van der Waals surface area contributed by atoms with Crippen molar-refractivity contribution >= 4 is 11.4 Å². The van der Waals surface area contributed by atoms with Crippen LogP contribution in [0.15, 0.2) is 103 Å². The van der Waals surface area contributed by atoms with Crippen LogP contribution in [0.3, 0.4) is 0 Å². The van der Waals surface area contributed by atoms with Gasteiger partial charge >= 0.3 is 0 Å². The second-order valence-corrected chi connectivity index (χ2v) is 8.93. The van der Waals surface area contributed by atoms with Crippen molar-refractivity contribution in [1.82, 2.24) is 9.80 Å². The zero-order valence-corrected chi connectivity index (χ0v) is 18.7. The summed E-state index contributed by atoms with van der Waals surface area (Å²) >= 11 is 0. The molecule has 1 fully saturated rings. The van der Waals surface area contributed by atoms with Crippen molar-refractivity contribution in [3.63, 3.8) is 0 Å². The van der Waals surface area contributed by atoms with Crippen LogP contribution < -0.4 is 0 Å². The van der Waals surface area contributed by atoms with Crippen molar-refractivity contribution in [2.24, 2.45) is 0 Å². The van der Waals surface area contributed by atoms with Gasteiger partial charge in [-0.1, -0.05) is 117 Å². The Morgan fingerprint density at radius 1 is 0.562 bits per heavy atom. The number of hydrogen-bond donors (Lipinski definition) is 0. The molecular formula is C30H32N2. The van der Waals surface area contributed by atoms with Gasteiger partial charge in [0.25, 0.3) is 0 Å². The summed E-state index contributed by atoms with van der Waals surface area (Å²) in [6, 6.07) is 33.2. The van der Waals surface area contributed by atoms with Crippen LogP contribution in [0.4, 0.5) is 0 Å². The van der Waals surface area contributed by atoms with E-state index in [0.717, 1.165) is 6.54 Å². The summed E-state index contributed by atoms with van der Waals surface area (Å²) < 4.78 is 0. The largest absolute Gasteiger partial charge is 0.346 e. The topological polar surface area (TPSA) is 6.48 Å². The SMILES string of the molecule is C1=C(c2ccccc2)N(C2CCCCCC2)C(c2ccccc2)=CN1Cc1ccccc1. The first-order valence-corrected chi connectivity index (χ1v) is 12.0. The Kier molecular flexibility index (Phi) is 6.39. The van der Waals surface area contributed by atoms with Crippen molar-refractivity contribution in [3.8, 4) is 0 Å². The molecule has 3 aromatic carbocycles. The fourth-order valence-electron chi connectivity index (χ4n) is 5.05. The lowest BCUT2D eigenvalue weighted by Gasteiger charge is -2.41. The molecule has 0 saturated heterocycles. The highest BCUT2D eigenvalue weighted by molar-refractivity contribution is 5.79. The van der Waals surface area contributed by atoms with E-state index in [4.69, 9.17) is 0 Å². The van der Waals surface area contributed by atoms with Crippen LogP contribution in [0.5, 0.6) is 0 Å². The van der Waals surface area contributed by atoms with Gasteiger partial charge < -0.3 is 9.80 Å². The summed E-state index contributed by atoms with van der Waals surface area (Å²) in [6.07, 6.45) is 12.6. The fraction of sp³-hybridized carbons (Fsp3) is 0.267. The zero-order chi connectivity index (χ0) is 21.6. The molecule has 2 heteroatoms. The Morgan fingerprint density at radius 3 is 1.53 bits per heavy atom. The summed E-state index contributed by atoms with van der Waals surface area (Å²) in [4.78, 5) is 5.02. The van der Waals surface area contributed by atoms with E-state index in [1.54, 1.807) is 0 Å². The van der Waals surface area contributed by atoms with E-state index in [1.165, 1.54) is 66.6 Å². The molecule has 2 nitrogen and oxygen atoms in total. The van der Waals surface area contributed by atoms with Gasteiger partial charge in [0.05, 0.1) is 11.4 Å². The maximum absolute atomic E-state index is 2.65.